The summed E-state index contributed by atoms with van der Waals surface area (Å²) in [5.74, 6) is 1.05. The lowest BCUT2D eigenvalue weighted by Gasteiger charge is -2.15. The molecule has 1 heterocycles. The first kappa shape index (κ1) is 21.6. The van der Waals surface area contributed by atoms with E-state index in [1.807, 2.05) is 37.3 Å². The number of aromatic nitrogens is 1. The molecule has 0 amide bonds. The van der Waals surface area contributed by atoms with Crippen molar-refractivity contribution in [3.63, 3.8) is 0 Å². The zero-order valence-corrected chi connectivity index (χ0v) is 18.6. The SMILES string of the molecule is CCOc1ccc(S(=O)(=O)c2cn(Cc3ccccc3)c3ccc(OC)cc3c2=O)cc1. The largest absolute Gasteiger partial charge is 0.497 e. The maximum Gasteiger partial charge on any atom is 0.211 e. The number of benzene rings is 3. The normalized spacial score (nSPS) is 11.4. The minimum Gasteiger partial charge on any atom is -0.497 e. The fraction of sp³-hybridized carbons (Fsp3) is 0.160. The molecule has 0 saturated carbocycles. The highest BCUT2D eigenvalue weighted by Crippen LogP contribution is 2.25. The van der Waals surface area contributed by atoms with Crippen LogP contribution in [0.2, 0.25) is 0 Å². The van der Waals surface area contributed by atoms with E-state index in [9.17, 15) is 13.2 Å². The summed E-state index contributed by atoms with van der Waals surface area (Å²) < 4.78 is 39.3. The van der Waals surface area contributed by atoms with Gasteiger partial charge in [0, 0.05) is 12.7 Å². The van der Waals surface area contributed by atoms with Gasteiger partial charge in [-0.2, -0.15) is 0 Å². The molecule has 0 N–H and O–H groups in total. The Morgan fingerprint density at radius 3 is 2.25 bits per heavy atom. The molecule has 0 spiro atoms. The summed E-state index contributed by atoms with van der Waals surface area (Å²) in [5, 5.41) is 0.285. The average molecular weight is 450 g/mol. The van der Waals surface area contributed by atoms with E-state index in [2.05, 4.69) is 0 Å². The number of hydrogen-bond acceptors (Lipinski definition) is 5. The molecule has 4 rings (SSSR count). The zero-order valence-electron chi connectivity index (χ0n) is 17.8. The second-order valence-corrected chi connectivity index (χ2v) is 9.15. The van der Waals surface area contributed by atoms with E-state index in [1.54, 1.807) is 34.9 Å². The van der Waals surface area contributed by atoms with Gasteiger partial charge in [0.25, 0.3) is 0 Å². The van der Waals surface area contributed by atoms with Crippen molar-refractivity contribution in [2.45, 2.75) is 23.3 Å². The Bertz CT molecular complexity index is 1410. The van der Waals surface area contributed by atoms with Crippen LogP contribution in [0.3, 0.4) is 0 Å². The molecule has 0 aliphatic carbocycles. The Morgan fingerprint density at radius 2 is 1.59 bits per heavy atom. The summed E-state index contributed by atoms with van der Waals surface area (Å²) in [6.45, 7) is 2.74. The smallest absolute Gasteiger partial charge is 0.211 e. The molecule has 0 bridgehead atoms. The van der Waals surface area contributed by atoms with E-state index in [-0.39, 0.29) is 15.2 Å². The molecule has 0 atom stereocenters. The molecule has 0 unspecified atom stereocenters. The van der Waals surface area contributed by atoms with Crippen molar-refractivity contribution in [1.82, 2.24) is 4.57 Å². The number of hydrogen-bond donors (Lipinski definition) is 0. The quantitative estimate of drug-likeness (QED) is 0.421. The third kappa shape index (κ3) is 4.11. The Labute approximate surface area is 186 Å². The molecule has 32 heavy (non-hydrogen) atoms. The summed E-state index contributed by atoms with van der Waals surface area (Å²) in [6, 6.07) is 20.8. The van der Waals surface area contributed by atoms with Crippen molar-refractivity contribution in [2.24, 2.45) is 0 Å². The van der Waals surface area contributed by atoms with E-state index < -0.39 is 15.3 Å². The van der Waals surface area contributed by atoms with Crippen LogP contribution in [0.15, 0.2) is 93.6 Å². The standard InChI is InChI=1S/C25H23NO5S/c1-3-31-19-9-12-21(13-10-19)32(28,29)24-17-26(16-18-7-5-4-6-8-18)23-14-11-20(30-2)15-22(23)25(24)27/h4-15,17H,3,16H2,1-2H3. The summed E-state index contributed by atoms with van der Waals surface area (Å²) in [7, 11) is -2.55. The Morgan fingerprint density at radius 1 is 0.906 bits per heavy atom. The molecule has 1 aromatic heterocycles. The number of rotatable bonds is 7. The van der Waals surface area contributed by atoms with E-state index in [0.717, 1.165) is 5.56 Å². The molecule has 6 nitrogen and oxygen atoms in total. The lowest BCUT2D eigenvalue weighted by atomic mass is 10.1. The monoisotopic (exact) mass is 449 g/mol. The van der Waals surface area contributed by atoms with Crippen LogP contribution in [0, 0.1) is 0 Å². The minimum absolute atomic E-state index is 0.0339. The molecular formula is C25H23NO5S. The minimum atomic E-state index is -4.06. The Balaban J connectivity index is 1.91. The Hall–Kier alpha value is -3.58. The predicted molar refractivity (Wildman–Crippen MR) is 123 cm³/mol. The maximum atomic E-state index is 13.4. The van der Waals surface area contributed by atoms with Crippen LogP contribution in [0.5, 0.6) is 11.5 Å². The van der Waals surface area contributed by atoms with Crippen LogP contribution >= 0.6 is 0 Å². The van der Waals surface area contributed by atoms with Gasteiger partial charge in [0.1, 0.15) is 16.4 Å². The maximum absolute atomic E-state index is 13.4. The van der Waals surface area contributed by atoms with Gasteiger partial charge in [-0.3, -0.25) is 4.79 Å². The lowest BCUT2D eigenvalue weighted by Crippen LogP contribution is -2.19. The zero-order chi connectivity index (χ0) is 22.7. The number of ether oxygens (including phenoxy) is 2. The fourth-order valence-corrected chi connectivity index (χ4v) is 4.96. The van der Waals surface area contributed by atoms with E-state index in [4.69, 9.17) is 9.47 Å². The second kappa shape index (κ2) is 8.88. The highest BCUT2D eigenvalue weighted by Gasteiger charge is 2.24. The van der Waals surface area contributed by atoms with Crippen LogP contribution in [-0.4, -0.2) is 26.7 Å². The number of pyridine rings is 1. The molecular weight excluding hydrogens is 426 g/mol. The first-order valence-corrected chi connectivity index (χ1v) is 11.7. The van der Waals surface area contributed by atoms with Gasteiger partial charge in [-0.05, 0) is 55.0 Å². The van der Waals surface area contributed by atoms with Gasteiger partial charge in [-0.25, -0.2) is 8.42 Å². The van der Waals surface area contributed by atoms with Crippen LogP contribution < -0.4 is 14.9 Å². The van der Waals surface area contributed by atoms with Crippen molar-refractivity contribution in [3.8, 4) is 11.5 Å². The van der Waals surface area contributed by atoms with Crippen LogP contribution in [0.25, 0.3) is 10.9 Å². The van der Waals surface area contributed by atoms with Crippen molar-refractivity contribution in [1.29, 1.82) is 0 Å². The predicted octanol–water partition coefficient (Wildman–Crippen LogP) is 4.29. The number of methoxy groups -OCH3 is 1. The van der Waals surface area contributed by atoms with Crippen molar-refractivity contribution in [2.75, 3.05) is 13.7 Å². The van der Waals surface area contributed by atoms with Gasteiger partial charge in [0.2, 0.25) is 15.3 Å². The molecule has 3 aromatic carbocycles. The molecule has 0 saturated heterocycles. The number of sulfone groups is 1. The van der Waals surface area contributed by atoms with Crippen LogP contribution in [0.4, 0.5) is 0 Å². The Kier molecular flexibility index (Phi) is 6.01. The van der Waals surface area contributed by atoms with Crippen molar-refractivity contribution < 1.29 is 17.9 Å². The van der Waals surface area contributed by atoms with Crippen molar-refractivity contribution in [3.05, 3.63) is 94.8 Å². The molecule has 0 fully saturated rings. The van der Waals surface area contributed by atoms with Gasteiger partial charge in [0.05, 0.1) is 29.5 Å². The first-order chi connectivity index (χ1) is 15.4. The van der Waals surface area contributed by atoms with Crippen LogP contribution in [0.1, 0.15) is 12.5 Å². The molecule has 0 aliphatic rings. The van der Waals surface area contributed by atoms with E-state index in [1.165, 1.54) is 25.4 Å². The molecule has 7 heteroatoms. The number of nitrogens with zero attached hydrogens (tertiary/aromatic N) is 1. The highest BCUT2D eigenvalue weighted by molar-refractivity contribution is 7.91. The van der Waals surface area contributed by atoms with E-state index in [0.29, 0.717) is 30.2 Å². The lowest BCUT2D eigenvalue weighted by molar-refractivity contribution is 0.340. The molecule has 4 aromatic rings. The number of fused-ring (bicyclic) bond motifs is 1. The van der Waals surface area contributed by atoms with Gasteiger partial charge < -0.3 is 14.0 Å². The fourth-order valence-electron chi connectivity index (χ4n) is 3.59. The summed E-state index contributed by atoms with van der Waals surface area (Å²) >= 11 is 0. The molecule has 0 aliphatic heterocycles. The summed E-state index contributed by atoms with van der Waals surface area (Å²) in [5.41, 5.74) is 1.06. The third-order valence-electron chi connectivity index (χ3n) is 5.18. The third-order valence-corrected chi connectivity index (χ3v) is 6.95. The topological polar surface area (TPSA) is 74.6 Å². The summed E-state index contributed by atoms with van der Waals surface area (Å²) in [4.78, 5) is 13.1. The van der Waals surface area contributed by atoms with Gasteiger partial charge >= 0.3 is 0 Å². The van der Waals surface area contributed by atoms with Gasteiger partial charge in [-0.1, -0.05) is 30.3 Å². The molecule has 164 valence electrons. The highest BCUT2D eigenvalue weighted by atomic mass is 32.2. The van der Waals surface area contributed by atoms with Gasteiger partial charge in [-0.15, -0.1) is 0 Å². The summed E-state index contributed by atoms with van der Waals surface area (Å²) in [6.07, 6.45) is 1.43. The molecule has 0 radical (unpaired) electrons. The van der Waals surface area contributed by atoms with Crippen molar-refractivity contribution >= 4 is 20.7 Å². The second-order valence-electron chi connectivity index (χ2n) is 7.23. The van der Waals surface area contributed by atoms with E-state index >= 15 is 0 Å². The first-order valence-electron chi connectivity index (χ1n) is 10.2. The van der Waals surface area contributed by atoms with Gasteiger partial charge in [0.15, 0.2) is 0 Å². The average Bonchev–Trinajstić information content (AvgIpc) is 2.81. The van der Waals surface area contributed by atoms with Crippen LogP contribution in [-0.2, 0) is 16.4 Å².